The molecule has 5 heteroatoms. The highest BCUT2D eigenvalue weighted by Crippen LogP contribution is 2.16. The van der Waals surface area contributed by atoms with E-state index < -0.39 is 0 Å². The van der Waals surface area contributed by atoms with Gasteiger partial charge in [0.25, 0.3) is 0 Å². The summed E-state index contributed by atoms with van der Waals surface area (Å²) in [5.41, 5.74) is 7.89. The van der Waals surface area contributed by atoms with Crippen LogP contribution in [0.3, 0.4) is 0 Å². The van der Waals surface area contributed by atoms with Gasteiger partial charge >= 0.3 is 0 Å². The van der Waals surface area contributed by atoms with Gasteiger partial charge in [0, 0.05) is 0 Å². The lowest BCUT2D eigenvalue weighted by atomic mass is 10.2. The van der Waals surface area contributed by atoms with E-state index in [1.807, 2.05) is 37.4 Å². The predicted molar refractivity (Wildman–Crippen MR) is 62.3 cm³/mol. The largest absolute Gasteiger partial charge is 0.368 e. The number of nitrogens with two attached hydrogens (primary N) is 1. The molecule has 0 bridgehead atoms. The van der Waals surface area contributed by atoms with Gasteiger partial charge in [-0.3, -0.25) is 0 Å². The SMILES string of the molecule is CSc1nc(N)n(-c2cccc(C)c2)n1. The molecule has 78 valence electrons. The van der Waals surface area contributed by atoms with Crippen molar-refractivity contribution in [2.75, 3.05) is 12.0 Å². The summed E-state index contributed by atoms with van der Waals surface area (Å²) in [6.07, 6.45) is 1.93. The fourth-order valence-electron chi connectivity index (χ4n) is 1.34. The maximum absolute atomic E-state index is 5.78. The van der Waals surface area contributed by atoms with Crippen molar-refractivity contribution >= 4 is 17.7 Å². The van der Waals surface area contributed by atoms with E-state index in [0.717, 1.165) is 5.69 Å². The summed E-state index contributed by atoms with van der Waals surface area (Å²) in [6.45, 7) is 2.03. The van der Waals surface area contributed by atoms with Gasteiger partial charge in [0.15, 0.2) is 0 Å². The third kappa shape index (κ3) is 1.97. The quantitative estimate of drug-likeness (QED) is 0.785. The summed E-state index contributed by atoms with van der Waals surface area (Å²) >= 11 is 1.48. The van der Waals surface area contributed by atoms with Crippen molar-refractivity contribution in [3.05, 3.63) is 29.8 Å². The lowest BCUT2D eigenvalue weighted by Crippen LogP contribution is -2.02. The van der Waals surface area contributed by atoms with Gasteiger partial charge < -0.3 is 5.73 Å². The van der Waals surface area contributed by atoms with E-state index in [0.29, 0.717) is 11.1 Å². The van der Waals surface area contributed by atoms with Gasteiger partial charge in [0.1, 0.15) is 0 Å². The van der Waals surface area contributed by atoms with Crippen molar-refractivity contribution in [1.82, 2.24) is 14.8 Å². The van der Waals surface area contributed by atoms with E-state index in [1.165, 1.54) is 17.3 Å². The number of nitrogen functional groups attached to an aromatic ring is 1. The zero-order valence-corrected chi connectivity index (χ0v) is 9.45. The zero-order valence-electron chi connectivity index (χ0n) is 8.64. The third-order valence-corrected chi connectivity index (χ3v) is 2.58. The molecule has 0 saturated heterocycles. The Morgan fingerprint density at radius 3 is 2.80 bits per heavy atom. The Bertz CT molecular complexity index is 478. The van der Waals surface area contributed by atoms with Crippen LogP contribution in [0.25, 0.3) is 5.69 Å². The van der Waals surface area contributed by atoms with Crippen LogP contribution >= 0.6 is 11.8 Å². The number of aromatic nitrogens is 3. The van der Waals surface area contributed by atoms with Crippen LogP contribution in [0.5, 0.6) is 0 Å². The Hall–Kier alpha value is -1.49. The number of anilines is 1. The van der Waals surface area contributed by atoms with Crippen molar-refractivity contribution in [2.24, 2.45) is 0 Å². The van der Waals surface area contributed by atoms with Crippen molar-refractivity contribution in [3.63, 3.8) is 0 Å². The molecule has 0 atom stereocenters. The summed E-state index contributed by atoms with van der Waals surface area (Å²) < 4.78 is 1.65. The van der Waals surface area contributed by atoms with E-state index in [4.69, 9.17) is 5.73 Å². The number of benzene rings is 1. The molecule has 2 N–H and O–H groups in total. The van der Waals surface area contributed by atoms with Gasteiger partial charge in [-0.15, -0.1) is 5.10 Å². The van der Waals surface area contributed by atoms with E-state index >= 15 is 0 Å². The highest BCUT2D eigenvalue weighted by atomic mass is 32.2. The standard InChI is InChI=1S/C10H12N4S/c1-7-4-3-5-8(6-7)14-9(11)12-10(13-14)15-2/h3-6H,1-2H3,(H2,11,12,13). The van der Waals surface area contributed by atoms with Crippen LogP contribution in [0.4, 0.5) is 5.95 Å². The summed E-state index contributed by atoms with van der Waals surface area (Å²) in [5.74, 6) is 0.421. The molecule has 1 heterocycles. The summed E-state index contributed by atoms with van der Waals surface area (Å²) in [6, 6.07) is 7.99. The highest BCUT2D eigenvalue weighted by Gasteiger charge is 2.07. The Morgan fingerprint density at radius 2 is 2.20 bits per heavy atom. The van der Waals surface area contributed by atoms with Crippen LogP contribution in [-0.4, -0.2) is 21.0 Å². The average Bonchev–Trinajstić information content (AvgIpc) is 2.60. The first-order valence-electron chi connectivity index (χ1n) is 4.54. The number of hydrogen-bond donors (Lipinski definition) is 1. The molecule has 15 heavy (non-hydrogen) atoms. The molecular formula is C10H12N4S. The van der Waals surface area contributed by atoms with Gasteiger partial charge in [-0.1, -0.05) is 23.9 Å². The number of nitrogens with zero attached hydrogens (tertiary/aromatic N) is 3. The van der Waals surface area contributed by atoms with Crippen molar-refractivity contribution in [3.8, 4) is 5.69 Å². The van der Waals surface area contributed by atoms with Gasteiger partial charge in [-0.25, -0.2) is 0 Å². The molecule has 0 saturated carbocycles. The zero-order chi connectivity index (χ0) is 10.8. The molecule has 1 aromatic heterocycles. The van der Waals surface area contributed by atoms with E-state index in [2.05, 4.69) is 10.1 Å². The Morgan fingerprint density at radius 1 is 1.40 bits per heavy atom. The minimum absolute atomic E-state index is 0.421. The molecule has 0 aliphatic heterocycles. The molecular weight excluding hydrogens is 208 g/mol. The maximum Gasteiger partial charge on any atom is 0.224 e. The van der Waals surface area contributed by atoms with Crippen LogP contribution in [0, 0.1) is 6.92 Å². The molecule has 2 rings (SSSR count). The molecule has 1 aromatic carbocycles. The van der Waals surface area contributed by atoms with Gasteiger partial charge in [-0.2, -0.15) is 9.67 Å². The van der Waals surface area contributed by atoms with E-state index in [-0.39, 0.29) is 0 Å². The molecule has 2 aromatic rings. The van der Waals surface area contributed by atoms with Crippen LogP contribution in [0.1, 0.15) is 5.56 Å². The van der Waals surface area contributed by atoms with Gasteiger partial charge in [-0.05, 0) is 30.9 Å². The summed E-state index contributed by atoms with van der Waals surface area (Å²) in [7, 11) is 0. The summed E-state index contributed by atoms with van der Waals surface area (Å²) in [4.78, 5) is 4.13. The molecule has 0 spiro atoms. The Kier molecular flexibility index (Phi) is 2.64. The molecule has 0 aliphatic carbocycles. The van der Waals surface area contributed by atoms with Crippen molar-refractivity contribution in [1.29, 1.82) is 0 Å². The first-order chi connectivity index (χ1) is 7.20. The first-order valence-corrected chi connectivity index (χ1v) is 5.77. The summed E-state index contributed by atoms with van der Waals surface area (Å²) in [5, 5.41) is 4.97. The first kappa shape index (κ1) is 10.0. The fraction of sp³-hybridized carbons (Fsp3) is 0.200. The van der Waals surface area contributed by atoms with Crippen LogP contribution in [-0.2, 0) is 0 Å². The minimum atomic E-state index is 0.421. The monoisotopic (exact) mass is 220 g/mol. The maximum atomic E-state index is 5.78. The number of aryl methyl sites for hydroxylation is 1. The smallest absolute Gasteiger partial charge is 0.224 e. The minimum Gasteiger partial charge on any atom is -0.368 e. The molecule has 0 radical (unpaired) electrons. The molecule has 0 aliphatic rings. The molecule has 0 amide bonds. The predicted octanol–water partition coefficient (Wildman–Crippen LogP) is 1.88. The second kappa shape index (κ2) is 3.94. The average molecular weight is 220 g/mol. The van der Waals surface area contributed by atoms with Crippen molar-refractivity contribution < 1.29 is 0 Å². The molecule has 0 fully saturated rings. The second-order valence-corrected chi connectivity index (χ2v) is 3.98. The van der Waals surface area contributed by atoms with Crippen molar-refractivity contribution in [2.45, 2.75) is 12.1 Å². The number of rotatable bonds is 2. The normalized spacial score (nSPS) is 10.5. The van der Waals surface area contributed by atoms with Crippen LogP contribution < -0.4 is 5.73 Å². The van der Waals surface area contributed by atoms with Gasteiger partial charge in [0.2, 0.25) is 11.1 Å². The second-order valence-electron chi connectivity index (χ2n) is 3.21. The highest BCUT2D eigenvalue weighted by molar-refractivity contribution is 7.98. The van der Waals surface area contributed by atoms with Crippen LogP contribution in [0.15, 0.2) is 29.4 Å². The lowest BCUT2D eigenvalue weighted by molar-refractivity contribution is 0.841. The number of hydrogen-bond acceptors (Lipinski definition) is 4. The Balaban J connectivity index is 2.48. The van der Waals surface area contributed by atoms with Crippen LogP contribution in [0.2, 0.25) is 0 Å². The third-order valence-electron chi connectivity index (χ3n) is 2.04. The molecule has 0 unspecified atom stereocenters. The van der Waals surface area contributed by atoms with E-state index in [1.54, 1.807) is 4.68 Å². The topological polar surface area (TPSA) is 56.7 Å². The van der Waals surface area contributed by atoms with E-state index in [9.17, 15) is 0 Å². The fourth-order valence-corrected chi connectivity index (χ4v) is 1.69. The Labute approximate surface area is 92.5 Å². The molecule has 4 nitrogen and oxygen atoms in total. The van der Waals surface area contributed by atoms with Gasteiger partial charge in [0.05, 0.1) is 5.69 Å². The number of thioether (sulfide) groups is 1. The lowest BCUT2D eigenvalue weighted by Gasteiger charge is -2.02.